The van der Waals surface area contributed by atoms with Crippen LogP contribution in [-0.2, 0) is 0 Å². The van der Waals surface area contributed by atoms with E-state index in [4.69, 9.17) is 4.42 Å². The lowest BCUT2D eigenvalue weighted by molar-refractivity contribution is 0.481. The summed E-state index contributed by atoms with van der Waals surface area (Å²) in [5.41, 5.74) is 0.0612. The molecule has 0 saturated carbocycles. The summed E-state index contributed by atoms with van der Waals surface area (Å²) in [4.78, 5) is 11.7. The molecule has 0 bridgehead atoms. The molecule has 3 aromatic rings. The maximum absolute atomic E-state index is 11.7. The predicted molar refractivity (Wildman–Crippen MR) is 61.7 cm³/mol. The number of phenolic OH excluding ortho intramolecular Hbond substituents is 1. The van der Waals surface area contributed by atoms with Crippen molar-refractivity contribution in [2.45, 2.75) is 0 Å². The molecule has 3 heteroatoms. The highest BCUT2D eigenvalue weighted by Crippen LogP contribution is 2.29. The molecule has 1 N–H and O–H groups in total. The quantitative estimate of drug-likeness (QED) is 0.460. The fourth-order valence-electron chi connectivity index (χ4n) is 1.91. The van der Waals surface area contributed by atoms with E-state index < -0.39 is 5.63 Å². The Hall–Kier alpha value is -2.29. The Bertz CT molecular complexity index is 741. The van der Waals surface area contributed by atoms with Crippen LogP contribution in [0.3, 0.4) is 0 Å². The van der Waals surface area contributed by atoms with Gasteiger partial charge in [-0.2, -0.15) is 0 Å². The van der Waals surface area contributed by atoms with Crippen molar-refractivity contribution >= 4 is 21.7 Å². The van der Waals surface area contributed by atoms with Crippen molar-refractivity contribution < 1.29 is 9.52 Å². The van der Waals surface area contributed by atoms with Crippen molar-refractivity contribution in [2.75, 3.05) is 0 Å². The Morgan fingerprint density at radius 3 is 2.56 bits per heavy atom. The zero-order valence-electron chi connectivity index (χ0n) is 8.31. The summed E-state index contributed by atoms with van der Waals surface area (Å²) in [6.07, 6.45) is 0. The number of benzene rings is 2. The SMILES string of the molecule is O=c1oc2ccccc2c2c(O)cccc12. The number of hydrogen-bond donors (Lipinski definition) is 1. The first-order valence-corrected chi connectivity index (χ1v) is 4.91. The van der Waals surface area contributed by atoms with E-state index in [1.807, 2.05) is 12.1 Å². The Morgan fingerprint density at radius 1 is 0.938 bits per heavy atom. The van der Waals surface area contributed by atoms with E-state index in [2.05, 4.69) is 0 Å². The Kier molecular flexibility index (Phi) is 1.74. The summed E-state index contributed by atoms with van der Waals surface area (Å²) in [7, 11) is 0. The van der Waals surface area contributed by atoms with E-state index in [-0.39, 0.29) is 5.75 Å². The second-order valence-electron chi connectivity index (χ2n) is 3.59. The molecular formula is C13H8O3. The van der Waals surface area contributed by atoms with Crippen molar-refractivity contribution in [1.82, 2.24) is 0 Å². The molecule has 1 heterocycles. The lowest BCUT2D eigenvalue weighted by atomic mass is 10.1. The van der Waals surface area contributed by atoms with Gasteiger partial charge in [0.1, 0.15) is 11.3 Å². The van der Waals surface area contributed by atoms with E-state index in [0.717, 1.165) is 5.39 Å². The molecule has 0 fully saturated rings. The number of fused-ring (bicyclic) bond motifs is 3. The third-order valence-corrected chi connectivity index (χ3v) is 2.62. The summed E-state index contributed by atoms with van der Waals surface area (Å²) < 4.78 is 5.16. The van der Waals surface area contributed by atoms with Crippen molar-refractivity contribution in [2.24, 2.45) is 0 Å². The lowest BCUT2D eigenvalue weighted by Gasteiger charge is -2.03. The molecule has 0 unspecified atom stereocenters. The molecule has 78 valence electrons. The average molecular weight is 212 g/mol. The van der Waals surface area contributed by atoms with Crippen LogP contribution >= 0.6 is 0 Å². The van der Waals surface area contributed by atoms with Gasteiger partial charge in [0.25, 0.3) is 0 Å². The number of phenols is 1. The topological polar surface area (TPSA) is 50.4 Å². The predicted octanol–water partition coefficient (Wildman–Crippen LogP) is 2.65. The minimum atomic E-state index is -0.426. The van der Waals surface area contributed by atoms with Crippen molar-refractivity contribution in [3.05, 3.63) is 52.9 Å². The van der Waals surface area contributed by atoms with E-state index in [9.17, 15) is 9.90 Å². The van der Waals surface area contributed by atoms with Crippen LogP contribution in [0.2, 0.25) is 0 Å². The van der Waals surface area contributed by atoms with Crippen molar-refractivity contribution in [3.63, 3.8) is 0 Å². The van der Waals surface area contributed by atoms with E-state index in [0.29, 0.717) is 16.4 Å². The van der Waals surface area contributed by atoms with Crippen molar-refractivity contribution in [1.29, 1.82) is 0 Å². The maximum atomic E-state index is 11.7. The molecule has 0 aliphatic heterocycles. The number of para-hydroxylation sites is 1. The van der Waals surface area contributed by atoms with Crippen LogP contribution < -0.4 is 5.63 Å². The van der Waals surface area contributed by atoms with Gasteiger partial charge < -0.3 is 9.52 Å². The van der Waals surface area contributed by atoms with Gasteiger partial charge in [-0.1, -0.05) is 24.3 Å². The normalized spacial score (nSPS) is 11.0. The van der Waals surface area contributed by atoms with Gasteiger partial charge in [0.05, 0.1) is 5.39 Å². The van der Waals surface area contributed by atoms with Crippen molar-refractivity contribution in [3.8, 4) is 5.75 Å². The van der Waals surface area contributed by atoms with E-state index >= 15 is 0 Å². The molecule has 3 rings (SSSR count). The molecule has 0 aliphatic carbocycles. The highest BCUT2D eigenvalue weighted by Gasteiger charge is 2.09. The van der Waals surface area contributed by atoms with Crippen LogP contribution in [0.1, 0.15) is 0 Å². The third-order valence-electron chi connectivity index (χ3n) is 2.62. The molecular weight excluding hydrogens is 204 g/mol. The standard InChI is InChI=1S/C13H8O3/c14-10-6-3-5-9-12(10)8-4-1-2-7-11(8)16-13(9)15/h1-7,14H. The first kappa shape index (κ1) is 8.97. The molecule has 0 amide bonds. The molecule has 2 aromatic carbocycles. The minimum Gasteiger partial charge on any atom is -0.507 e. The van der Waals surface area contributed by atoms with Crippen LogP contribution in [0, 0.1) is 0 Å². The Balaban J connectivity index is 2.73. The van der Waals surface area contributed by atoms with Gasteiger partial charge in [-0.25, -0.2) is 4.79 Å². The van der Waals surface area contributed by atoms with Gasteiger partial charge in [0.2, 0.25) is 0 Å². The number of hydrogen-bond acceptors (Lipinski definition) is 3. The average Bonchev–Trinajstić information content (AvgIpc) is 2.30. The van der Waals surface area contributed by atoms with Crippen LogP contribution in [-0.4, -0.2) is 5.11 Å². The lowest BCUT2D eigenvalue weighted by Crippen LogP contribution is -1.99. The third kappa shape index (κ3) is 1.11. The fraction of sp³-hybridized carbons (Fsp3) is 0. The van der Waals surface area contributed by atoms with Gasteiger partial charge in [0.15, 0.2) is 0 Å². The van der Waals surface area contributed by atoms with Gasteiger partial charge in [0, 0.05) is 10.8 Å². The summed E-state index contributed by atoms with van der Waals surface area (Å²) in [5.74, 6) is 0.0987. The molecule has 0 spiro atoms. The highest BCUT2D eigenvalue weighted by molar-refractivity contribution is 6.07. The first-order valence-electron chi connectivity index (χ1n) is 4.91. The molecule has 0 saturated heterocycles. The van der Waals surface area contributed by atoms with Gasteiger partial charge in [-0.15, -0.1) is 0 Å². The molecule has 0 atom stereocenters. The number of rotatable bonds is 0. The zero-order chi connectivity index (χ0) is 11.1. The Morgan fingerprint density at radius 2 is 1.69 bits per heavy atom. The number of aromatic hydroxyl groups is 1. The van der Waals surface area contributed by atoms with Crippen LogP contribution in [0.4, 0.5) is 0 Å². The molecule has 1 aromatic heterocycles. The fourth-order valence-corrected chi connectivity index (χ4v) is 1.91. The van der Waals surface area contributed by atoms with Crippen LogP contribution in [0.15, 0.2) is 51.7 Å². The second-order valence-corrected chi connectivity index (χ2v) is 3.59. The van der Waals surface area contributed by atoms with Gasteiger partial charge in [-0.05, 0) is 18.2 Å². The summed E-state index contributed by atoms with van der Waals surface area (Å²) in [6, 6.07) is 12.0. The molecule has 3 nitrogen and oxygen atoms in total. The van der Waals surface area contributed by atoms with E-state index in [1.165, 1.54) is 0 Å². The molecule has 16 heavy (non-hydrogen) atoms. The van der Waals surface area contributed by atoms with Crippen LogP contribution in [0.25, 0.3) is 21.7 Å². The molecule has 0 radical (unpaired) electrons. The largest absolute Gasteiger partial charge is 0.507 e. The monoisotopic (exact) mass is 212 g/mol. The molecule has 0 aliphatic rings. The summed E-state index contributed by atoms with van der Waals surface area (Å²) in [6.45, 7) is 0. The highest BCUT2D eigenvalue weighted by atomic mass is 16.4. The first-order chi connectivity index (χ1) is 7.77. The van der Waals surface area contributed by atoms with Gasteiger partial charge in [-0.3, -0.25) is 0 Å². The van der Waals surface area contributed by atoms with E-state index in [1.54, 1.807) is 30.3 Å². The minimum absolute atomic E-state index is 0.0987. The zero-order valence-corrected chi connectivity index (χ0v) is 8.31. The summed E-state index contributed by atoms with van der Waals surface area (Å²) >= 11 is 0. The van der Waals surface area contributed by atoms with Crippen LogP contribution in [0.5, 0.6) is 5.75 Å². The Labute approximate surface area is 90.6 Å². The van der Waals surface area contributed by atoms with Gasteiger partial charge >= 0.3 is 5.63 Å². The summed E-state index contributed by atoms with van der Waals surface area (Å²) in [5, 5.41) is 11.5. The second kappa shape index (κ2) is 3.10. The smallest absolute Gasteiger partial charge is 0.344 e. The maximum Gasteiger partial charge on any atom is 0.344 e.